The number of benzene rings is 1. The largest absolute Gasteiger partial charge is 0.0770 e. The minimum absolute atomic E-state index is 0.766. The summed E-state index contributed by atoms with van der Waals surface area (Å²) < 4.78 is 0. The third-order valence-electron chi connectivity index (χ3n) is 4.98. The molecular formula is C17H18. The molecule has 0 saturated heterocycles. The van der Waals surface area contributed by atoms with Crippen molar-refractivity contribution in [2.75, 3.05) is 0 Å². The van der Waals surface area contributed by atoms with Crippen molar-refractivity contribution < 1.29 is 0 Å². The highest BCUT2D eigenvalue weighted by molar-refractivity contribution is 5.39. The maximum absolute atomic E-state index is 2.44. The number of aryl methyl sites for hydroxylation is 1. The molecule has 1 saturated carbocycles. The highest BCUT2D eigenvalue weighted by Gasteiger charge is 2.39. The van der Waals surface area contributed by atoms with E-state index in [0.717, 1.165) is 17.8 Å². The molecule has 0 nitrogen and oxygen atoms in total. The van der Waals surface area contributed by atoms with Gasteiger partial charge < -0.3 is 0 Å². The molecule has 1 aromatic carbocycles. The summed E-state index contributed by atoms with van der Waals surface area (Å²) in [7, 11) is 0. The van der Waals surface area contributed by atoms with Gasteiger partial charge in [0.1, 0.15) is 0 Å². The van der Waals surface area contributed by atoms with Crippen molar-refractivity contribution in [3.05, 3.63) is 59.2 Å². The quantitative estimate of drug-likeness (QED) is 0.616. The van der Waals surface area contributed by atoms with Crippen LogP contribution < -0.4 is 0 Å². The molecule has 0 bridgehead atoms. The Morgan fingerprint density at radius 3 is 2.94 bits per heavy atom. The Morgan fingerprint density at radius 2 is 1.94 bits per heavy atom. The number of hydrogen-bond donors (Lipinski definition) is 0. The fraction of sp³-hybridized carbons (Fsp3) is 0.412. The van der Waals surface area contributed by atoms with Crippen molar-refractivity contribution in [2.45, 2.75) is 31.6 Å². The first-order valence-electron chi connectivity index (χ1n) is 6.88. The summed E-state index contributed by atoms with van der Waals surface area (Å²) in [6.45, 7) is 0. The minimum atomic E-state index is 0.766. The van der Waals surface area contributed by atoms with Crippen LogP contribution in [-0.2, 0) is 6.42 Å². The van der Waals surface area contributed by atoms with Crippen LogP contribution in [0.1, 0.15) is 36.3 Å². The molecule has 0 heterocycles. The van der Waals surface area contributed by atoms with Gasteiger partial charge in [-0.3, -0.25) is 0 Å². The smallest absolute Gasteiger partial charge is 0.00172 e. The Kier molecular flexibility index (Phi) is 2.05. The summed E-state index contributed by atoms with van der Waals surface area (Å²) in [5, 5.41) is 0. The molecule has 0 amide bonds. The van der Waals surface area contributed by atoms with Crippen molar-refractivity contribution >= 4 is 0 Å². The number of fused-ring (bicyclic) bond motifs is 5. The molecule has 86 valence electrons. The number of rotatable bonds is 0. The van der Waals surface area contributed by atoms with E-state index >= 15 is 0 Å². The normalized spacial score (nSPS) is 33.6. The standard InChI is InChI=1S/C17H18/c1-2-6-14-12(4-1)8-10-17-15-7-3-5-13(15)9-11-16(14)17/h1-7,15-17H,8-11H2. The first-order chi connectivity index (χ1) is 8.43. The molecule has 17 heavy (non-hydrogen) atoms. The Bertz CT molecular complexity index is 507. The van der Waals surface area contributed by atoms with Crippen LogP contribution in [0, 0.1) is 11.8 Å². The molecular weight excluding hydrogens is 204 g/mol. The number of allylic oxidation sites excluding steroid dienone is 4. The van der Waals surface area contributed by atoms with E-state index in [0.29, 0.717) is 0 Å². The van der Waals surface area contributed by atoms with E-state index in [-0.39, 0.29) is 0 Å². The zero-order valence-corrected chi connectivity index (χ0v) is 10.1. The van der Waals surface area contributed by atoms with Gasteiger partial charge in [-0.2, -0.15) is 0 Å². The summed E-state index contributed by atoms with van der Waals surface area (Å²) in [6.07, 6.45) is 12.4. The molecule has 0 heteroatoms. The van der Waals surface area contributed by atoms with Gasteiger partial charge in [-0.15, -0.1) is 0 Å². The van der Waals surface area contributed by atoms with Crippen molar-refractivity contribution in [1.82, 2.24) is 0 Å². The first kappa shape index (κ1) is 9.70. The lowest BCUT2D eigenvalue weighted by Crippen LogP contribution is -2.30. The summed E-state index contributed by atoms with van der Waals surface area (Å²) >= 11 is 0. The van der Waals surface area contributed by atoms with E-state index in [1.165, 1.54) is 25.7 Å². The van der Waals surface area contributed by atoms with Crippen LogP contribution in [0.2, 0.25) is 0 Å². The van der Waals surface area contributed by atoms with Crippen LogP contribution in [0.4, 0.5) is 0 Å². The van der Waals surface area contributed by atoms with Gasteiger partial charge in [0.2, 0.25) is 0 Å². The summed E-state index contributed by atoms with van der Waals surface area (Å²) in [6, 6.07) is 9.13. The van der Waals surface area contributed by atoms with Crippen molar-refractivity contribution in [3.63, 3.8) is 0 Å². The van der Waals surface area contributed by atoms with E-state index in [9.17, 15) is 0 Å². The summed E-state index contributed by atoms with van der Waals surface area (Å²) in [5.41, 5.74) is 4.97. The second kappa shape index (κ2) is 3.60. The van der Waals surface area contributed by atoms with Gasteiger partial charge in [-0.25, -0.2) is 0 Å². The molecule has 1 aromatic rings. The van der Waals surface area contributed by atoms with Crippen molar-refractivity contribution in [1.29, 1.82) is 0 Å². The first-order valence-corrected chi connectivity index (χ1v) is 6.88. The van der Waals surface area contributed by atoms with Crippen LogP contribution in [0.3, 0.4) is 0 Å². The lowest BCUT2D eigenvalue weighted by molar-refractivity contribution is 0.269. The van der Waals surface area contributed by atoms with Gasteiger partial charge in [0.05, 0.1) is 0 Å². The zero-order chi connectivity index (χ0) is 11.2. The second-order valence-electron chi connectivity index (χ2n) is 5.70. The Labute approximate surface area is 103 Å². The van der Waals surface area contributed by atoms with E-state index < -0.39 is 0 Å². The summed E-state index contributed by atoms with van der Waals surface area (Å²) in [4.78, 5) is 0. The molecule has 0 aliphatic heterocycles. The molecule has 0 radical (unpaired) electrons. The lowest BCUT2D eigenvalue weighted by atomic mass is 9.63. The SMILES string of the molecule is C1=CC2C(=C1)CCC1c3ccccc3CCC21. The minimum Gasteiger partial charge on any atom is -0.0770 e. The zero-order valence-electron chi connectivity index (χ0n) is 10.1. The van der Waals surface area contributed by atoms with E-state index in [1.54, 1.807) is 16.7 Å². The molecule has 3 atom stereocenters. The van der Waals surface area contributed by atoms with E-state index in [1.807, 2.05) is 0 Å². The third-order valence-corrected chi connectivity index (χ3v) is 4.98. The molecule has 0 aromatic heterocycles. The predicted octanol–water partition coefficient (Wildman–Crippen LogP) is 4.24. The average Bonchev–Trinajstić information content (AvgIpc) is 2.86. The van der Waals surface area contributed by atoms with Crippen molar-refractivity contribution in [2.24, 2.45) is 11.8 Å². The highest BCUT2D eigenvalue weighted by atomic mass is 14.4. The predicted molar refractivity (Wildman–Crippen MR) is 70.9 cm³/mol. The highest BCUT2D eigenvalue weighted by Crippen LogP contribution is 2.51. The van der Waals surface area contributed by atoms with Crippen LogP contribution in [0.5, 0.6) is 0 Å². The monoisotopic (exact) mass is 222 g/mol. The topological polar surface area (TPSA) is 0 Å². The van der Waals surface area contributed by atoms with Gasteiger partial charge in [0.15, 0.2) is 0 Å². The van der Waals surface area contributed by atoms with E-state index in [2.05, 4.69) is 42.5 Å². The molecule has 3 unspecified atom stereocenters. The maximum atomic E-state index is 2.44. The third kappa shape index (κ3) is 1.36. The summed E-state index contributed by atoms with van der Waals surface area (Å²) in [5.74, 6) is 2.47. The molecule has 4 rings (SSSR count). The van der Waals surface area contributed by atoms with Crippen LogP contribution >= 0.6 is 0 Å². The van der Waals surface area contributed by atoms with Gasteiger partial charge >= 0.3 is 0 Å². The van der Waals surface area contributed by atoms with Gasteiger partial charge in [0.25, 0.3) is 0 Å². The Hall–Kier alpha value is -1.30. The van der Waals surface area contributed by atoms with Crippen LogP contribution in [0.25, 0.3) is 0 Å². The van der Waals surface area contributed by atoms with Gasteiger partial charge in [-0.1, -0.05) is 48.1 Å². The number of hydrogen-bond acceptors (Lipinski definition) is 0. The average molecular weight is 222 g/mol. The van der Waals surface area contributed by atoms with E-state index in [4.69, 9.17) is 0 Å². The molecule has 0 N–H and O–H groups in total. The van der Waals surface area contributed by atoms with Gasteiger partial charge in [0, 0.05) is 5.92 Å². The lowest BCUT2D eigenvalue weighted by Gasteiger charge is -2.42. The molecule has 3 aliphatic rings. The molecule has 1 fully saturated rings. The second-order valence-corrected chi connectivity index (χ2v) is 5.70. The molecule has 3 aliphatic carbocycles. The van der Waals surface area contributed by atoms with Gasteiger partial charge in [-0.05, 0) is 48.6 Å². The fourth-order valence-electron chi connectivity index (χ4n) is 4.20. The fourth-order valence-corrected chi connectivity index (χ4v) is 4.20. The van der Waals surface area contributed by atoms with Crippen molar-refractivity contribution in [3.8, 4) is 0 Å². The maximum Gasteiger partial charge on any atom is 0.00172 e. The van der Waals surface area contributed by atoms with Crippen LogP contribution in [0.15, 0.2) is 48.1 Å². The Balaban J connectivity index is 1.76. The Morgan fingerprint density at radius 1 is 1.00 bits per heavy atom. The van der Waals surface area contributed by atoms with Crippen LogP contribution in [-0.4, -0.2) is 0 Å². The molecule has 0 spiro atoms.